The Morgan fingerprint density at radius 3 is 2.75 bits per heavy atom. The van der Waals surface area contributed by atoms with E-state index in [-0.39, 0.29) is 23.7 Å². The van der Waals surface area contributed by atoms with Crippen molar-refractivity contribution in [2.45, 2.75) is 38.0 Å². The standard InChI is InChI=1S/C24H27N5O3/c30-22(29-13-6-10-19(29)23-25-24(31)27-26-23)12-14-28-15-18-9-4-5-11-20(18)32-21(16-28)17-7-2-1-3-8-17/h1-5,7-9,11,19,21H,6,10,12-16H2,(H2,25,26,27,31). The van der Waals surface area contributed by atoms with Gasteiger partial charge in [0.25, 0.3) is 0 Å². The molecule has 0 radical (unpaired) electrons. The van der Waals surface area contributed by atoms with Gasteiger partial charge in [-0.2, -0.15) is 5.10 Å². The van der Waals surface area contributed by atoms with Crippen LogP contribution in [-0.2, 0) is 11.3 Å². The Balaban J connectivity index is 1.29. The average molecular weight is 434 g/mol. The van der Waals surface area contributed by atoms with Crippen LogP contribution in [0.4, 0.5) is 0 Å². The monoisotopic (exact) mass is 433 g/mol. The van der Waals surface area contributed by atoms with Gasteiger partial charge in [0, 0.05) is 38.2 Å². The SMILES string of the molecule is O=C(CCN1Cc2ccccc2OC(c2ccccc2)C1)N1CCCC1c1n[nH]c(=O)[nH]1. The second-order valence-electron chi connectivity index (χ2n) is 8.42. The maximum absolute atomic E-state index is 13.1. The second kappa shape index (κ2) is 9.00. The number of fused-ring (bicyclic) bond motifs is 1. The van der Waals surface area contributed by atoms with E-state index >= 15 is 0 Å². The van der Waals surface area contributed by atoms with Crippen LogP contribution in [0.5, 0.6) is 5.75 Å². The fourth-order valence-corrected chi connectivity index (χ4v) is 4.68. The van der Waals surface area contributed by atoms with Crippen molar-refractivity contribution < 1.29 is 9.53 Å². The highest BCUT2D eigenvalue weighted by atomic mass is 16.5. The van der Waals surface area contributed by atoms with E-state index in [1.165, 1.54) is 0 Å². The first kappa shape index (κ1) is 20.5. The quantitative estimate of drug-likeness (QED) is 0.645. The fraction of sp³-hybridized carbons (Fsp3) is 0.375. The molecule has 8 nitrogen and oxygen atoms in total. The molecule has 5 rings (SSSR count). The molecule has 0 spiro atoms. The van der Waals surface area contributed by atoms with Crippen molar-refractivity contribution >= 4 is 5.91 Å². The number of nitrogens with zero attached hydrogens (tertiary/aromatic N) is 3. The lowest BCUT2D eigenvalue weighted by Gasteiger charge is -2.26. The number of nitrogens with one attached hydrogen (secondary N) is 2. The van der Waals surface area contributed by atoms with Gasteiger partial charge in [-0.1, -0.05) is 48.5 Å². The van der Waals surface area contributed by atoms with Crippen LogP contribution in [0.25, 0.3) is 0 Å². The van der Waals surface area contributed by atoms with Gasteiger partial charge in [-0.3, -0.25) is 14.7 Å². The molecule has 2 aliphatic heterocycles. The number of amides is 1. The third-order valence-electron chi connectivity index (χ3n) is 6.28. The van der Waals surface area contributed by atoms with Crippen molar-refractivity contribution in [1.82, 2.24) is 25.0 Å². The molecule has 1 amide bonds. The van der Waals surface area contributed by atoms with Crippen LogP contribution in [0.2, 0.25) is 0 Å². The molecule has 2 unspecified atom stereocenters. The number of aromatic amines is 2. The number of H-pyrrole nitrogens is 2. The number of ether oxygens (including phenoxy) is 1. The number of hydrogen-bond acceptors (Lipinski definition) is 5. The Labute approximate surface area is 186 Å². The number of aromatic nitrogens is 3. The van der Waals surface area contributed by atoms with E-state index in [1.807, 2.05) is 41.3 Å². The van der Waals surface area contributed by atoms with Crippen molar-refractivity contribution in [3.8, 4) is 5.75 Å². The van der Waals surface area contributed by atoms with Crippen LogP contribution in [0.3, 0.4) is 0 Å². The molecule has 1 fully saturated rings. The fourth-order valence-electron chi connectivity index (χ4n) is 4.68. The highest BCUT2D eigenvalue weighted by Gasteiger charge is 2.32. The minimum absolute atomic E-state index is 0.0889. The summed E-state index contributed by atoms with van der Waals surface area (Å²) >= 11 is 0. The molecule has 8 heteroatoms. The van der Waals surface area contributed by atoms with E-state index < -0.39 is 0 Å². The molecule has 166 valence electrons. The van der Waals surface area contributed by atoms with Crippen LogP contribution in [0.15, 0.2) is 59.4 Å². The molecule has 2 aliphatic rings. The summed E-state index contributed by atoms with van der Waals surface area (Å²) in [5.41, 5.74) is 1.92. The van der Waals surface area contributed by atoms with E-state index in [4.69, 9.17) is 4.74 Å². The first-order valence-electron chi connectivity index (χ1n) is 11.1. The largest absolute Gasteiger partial charge is 0.484 e. The summed E-state index contributed by atoms with van der Waals surface area (Å²) in [5, 5.41) is 6.45. The van der Waals surface area contributed by atoms with E-state index in [0.717, 1.165) is 36.3 Å². The lowest BCUT2D eigenvalue weighted by atomic mass is 10.1. The molecule has 32 heavy (non-hydrogen) atoms. The number of para-hydroxylation sites is 1. The van der Waals surface area contributed by atoms with Gasteiger partial charge >= 0.3 is 5.69 Å². The summed E-state index contributed by atoms with van der Waals surface area (Å²) in [6.45, 7) is 2.78. The summed E-state index contributed by atoms with van der Waals surface area (Å²) in [7, 11) is 0. The summed E-state index contributed by atoms with van der Waals surface area (Å²) in [6.07, 6.45) is 2.04. The number of rotatable bonds is 5. The van der Waals surface area contributed by atoms with Gasteiger partial charge in [-0.15, -0.1) is 0 Å². The minimum Gasteiger partial charge on any atom is -0.484 e. The lowest BCUT2D eigenvalue weighted by Crippen LogP contribution is -2.35. The van der Waals surface area contributed by atoms with Crippen molar-refractivity contribution in [1.29, 1.82) is 0 Å². The van der Waals surface area contributed by atoms with Gasteiger partial charge in [0.2, 0.25) is 5.91 Å². The van der Waals surface area contributed by atoms with E-state index in [9.17, 15) is 9.59 Å². The van der Waals surface area contributed by atoms with Crippen LogP contribution in [0.1, 0.15) is 48.4 Å². The minimum atomic E-state index is -0.338. The van der Waals surface area contributed by atoms with E-state index in [1.54, 1.807) is 0 Å². The number of hydrogen-bond donors (Lipinski definition) is 2. The number of carbonyl (C=O) groups excluding carboxylic acids is 1. The normalized spacial score (nSPS) is 21.1. The Morgan fingerprint density at radius 2 is 1.94 bits per heavy atom. The van der Waals surface area contributed by atoms with E-state index in [2.05, 4.69) is 38.3 Å². The number of benzene rings is 2. The summed E-state index contributed by atoms with van der Waals surface area (Å²) < 4.78 is 6.37. The Hall–Kier alpha value is -3.39. The van der Waals surface area contributed by atoms with Gasteiger partial charge in [-0.25, -0.2) is 9.89 Å². The summed E-state index contributed by atoms with van der Waals surface area (Å²) in [6, 6.07) is 18.2. The predicted octanol–water partition coefficient (Wildman–Crippen LogP) is 2.79. The summed E-state index contributed by atoms with van der Waals surface area (Å²) in [4.78, 5) is 31.4. The molecule has 2 aromatic carbocycles. The van der Waals surface area contributed by atoms with Crippen LogP contribution in [-0.4, -0.2) is 50.5 Å². The average Bonchev–Trinajstić information content (AvgIpc) is 3.43. The molecule has 1 saturated heterocycles. The van der Waals surface area contributed by atoms with Crippen molar-refractivity contribution in [2.75, 3.05) is 19.6 Å². The number of likely N-dealkylation sites (tertiary alicyclic amines) is 1. The highest BCUT2D eigenvalue weighted by molar-refractivity contribution is 5.77. The molecule has 3 heterocycles. The van der Waals surface area contributed by atoms with Crippen molar-refractivity contribution in [2.24, 2.45) is 0 Å². The zero-order valence-electron chi connectivity index (χ0n) is 17.9. The predicted molar refractivity (Wildman–Crippen MR) is 119 cm³/mol. The second-order valence-corrected chi connectivity index (χ2v) is 8.42. The third kappa shape index (κ3) is 4.31. The van der Waals surface area contributed by atoms with Crippen molar-refractivity contribution in [3.05, 3.63) is 82.0 Å². The lowest BCUT2D eigenvalue weighted by molar-refractivity contribution is -0.132. The molecular formula is C24H27N5O3. The smallest absolute Gasteiger partial charge is 0.340 e. The molecule has 3 aromatic rings. The molecular weight excluding hydrogens is 406 g/mol. The highest BCUT2D eigenvalue weighted by Crippen LogP contribution is 2.32. The van der Waals surface area contributed by atoms with Crippen molar-refractivity contribution in [3.63, 3.8) is 0 Å². The van der Waals surface area contributed by atoms with Gasteiger partial charge < -0.3 is 9.64 Å². The Morgan fingerprint density at radius 1 is 1.12 bits per heavy atom. The van der Waals surface area contributed by atoms with E-state index in [0.29, 0.717) is 31.9 Å². The van der Waals surface area contributed by atoms with Gasteiger partial charge in [-0.05, 0) is 24.5 Å². The van der Waals surface area contributed by atoms with Crippen LogP contribution in [0, 0.1) is 0 Å². The molecule has 0 aliphatic carbocycles. The first-order chi connectivity index (χ1) is 15.7. The molecule has 0 saturated carbocycles. The Bertz CT molecular complexity index is 1130. The first-order valence-corrected chi connectivity index (χ1v) is 11.1. The van der Waals surface area contributed by atoms with Gasteiger partial charge in [0.15, 0.2) is 5.82 Å². The topological polar surface area (TPSA) is 94.3 Å². The number of carbonyl (C=O) groups is 1. The van der Waals surface area contributed by atoms with Crippen LogP contribution >= 0.6 is 0 Å². The molecule has 2 atom stereocenters. The zero-order valence-corrected chi connectivity index (χ0v) is 17.9. The van der Waals surface area contributed by atoms with Gasteiger partial charge in [0.05, 0.1) is 6.04 Å². The molecule has 2 N–H and O–H groups in total. The zero-order chi connectivity index (χ0) is 21.9. The Kier molecular flexibility index (Phi) is 5.77. The molecule has 1 aromatic heterocycles. The molecule has 0 bridgehead atoms. The summed E-state index contributed by atoms with van der Waals surface area (Å²) in [5.74, 6) is 1.53. The third-order valence-corrected chi connectivity index (χ3v) is 6.28. The van der Waals surface area contributed by atoms with Crippen LogP contribution < -0.4 is 10.4 Å². The van der Waals surface area contributed by atoms with Gasteiger partial charge in [0.1, 0.15) is 11.9 Å². The maximum atomic E-state index is 13.1. The maximum Gasteiger partial charge on any atom is 0.340 e.